The van der Waals surface area contributed by atoms with Gasteiger partial charge < -0.3 is 9.47 Å². The van der Waals surface area contributed by atoms with Crippen LogP contribution in [0.3, 0.4) is 0 Å². The van der Waals surface area contributed by atoms with E-state index in [1.54, 1.807) is 37.5 Å². The number of rotatable bonds is 3. The maximum Gasteiger partial charge on any atom is 0.363 e. The molecule has 1 aliphatic heterocycles. The molecule has 1 aliphatic rings. The van der Waals surface area contributed by atoms with E-state index in [0.29, 0.717) is 11.3 Å². The molecule has 2 aromatic carbocycles. The van der Waals surface area contributed by atoms with Gasteiger partial charge in [0, 0.05) is 5.56 Å². The Bertz CT molecular complexity index is 845. The first kappa shape index (κ1) is 15.4. The van der Waals surface area contributed by atoms with Crippen LogP contribution in [0.5, 0.6) is 5.75 Å². The van der Waals surface area contributed by atoms with Gasteiger partial charge in [-0.3, -0.25) is 0 Å². The maximum absolute atomic E-state index is 13.3. The minimum Gasteiger partial charge on any atom is -0.496 e. The van der Waals surface area contributed by atoms with E-state index >= 15 is 0 Å². The number of esters is 1. The lowest BCUT2D eigenvalue weighted by atomic mass is 10.2. The van der Waals surface area contributed by atoms with E-state index in [1.165, 1.54) is 18.2 Å². The number of carbonyl (C=O) groups is 1. The van der Waals surface area contributed by atoms with Crippen LogP contribution in [0, 0.1) is 5.82 Å². The summed E-state index contributed by atoms with van der Waals surface area (Å²) < 4.78 is 24.3. The van der Waals surface area contributed by atoms with Gasteiger partial charge in [0.1, 0.15) is 11.6 Å². The Hall–Kier alpha value is -2.47. The summed E-state index contributed by atoms with van der Waals surface area (Å²) in [5.41, 5.74) is 1.33. The molecule has 0 aliphatic carbocycles. The molecule has 0 saturated heterocycles. The first-order valence-corrected chi connectivity index (χ1v) is 7.48. The second kappa shape index (κ2) is 6.34. The number of cyclic esters (lactones) is 1. The third kappa shape index (κ3) is 3.32. The minimum absolute atomic E-state index is 0.0910. The summed E-state index contributed by atoms with van der Waals surface area (Å²) in [7, 11) is 1.57. The molecule has 4 nitrogen and oxygen atoms in total. The van der Waals surface area contributed by atoms with Gasteiger partial charge in [-0.15, -0.1) is 0 Å². The predicted molar refractivity (Wildman–Crippen MR) is 87.7 cm³/mol. The fraction of sp³-hybridized carbons (Fsp3) is 0.0588. The Morgan fingerprint density at radius 2 is 2.09 bits per heavy atom. The number of hydrogen-bond acceptors (Lipinski definition) is 4. The molecular weight excluding hydrogens is 365 g/mol. The first-order valence-electron chi connectivity index (χ1n) is 6.69. The maximum atomic E-state index is 13.3. The summed E-state index contributed by atoms with van der Waals surface area (Å²) in [6, 6.07) is 11.1. The van der Waals surface area contributed by atoms with Crippen LogP contribution in [0.4, 0.5) is 4.39 Å². The van der Waals surface area contributed by atoms with Gasteiger partial charge in [-0.25, -0.2) is 14.2 Å². The van der Waals surface area contributed by atoms with Crippen LogP contribution in [-0.4, -0.2) is 19.0 Å². The van der Waals surface area contributed by atoms with E-state index in [1.807, 2.05) is 0 Å². The Labute approximate surface area is 140 Å². The summed E-state index contributed by atoms with van der Waals surface area (Å²) in [6.45, 7) is 0. The van der Waals surface area contributed by atoms with Crippen LogP contribution in [0.15, 0.2) is 57.6 Å². The van der Waals surface area contributed by atoms with Gasteiger partial charge in [0.15, 0.2) is 5.70 Å². The number of halogens is 2. The molecule has 0 bridgehead atoms. The van der Waals surface area contributed by atoms with Gasteiger partial charge >= 0.3 is 5.97 Å². The van der Waals surface area contributed by atoms with Gasteiger partial charge in [0.05, 0.1) is 11.6 Å². The Balaban J connectivity index is 1.93. The van der Waals surface area contributed by atoms with Crippen LogP contribution < -0.4 is 4.74 Å². The molecule has 3 rings (SSSR count). The zero-order chi connectivity index (χ0) is 16.4. The average Bonchev–Trinajstić information content (AvgIpc) is 2.89. The second-order valence-electron chi connectivity index (χ2n) is 4.74. The minimum atomic E-state index is -0.573. The van der Waals surface area contributed by atoms with Crippen molar-refractivity contribution < 1.29 is 18.7 Å². The summed E-state index contributed by atoms with van der Waals surface area (Å²) in [6.07, 6.45) is 1.60. The summed E-state index contributed by atoms with van der Waals surface area (Å²) in [5.74, 6) is -0.215. The van der Waals surface area contributed by atoms with Gasteiger partial charge in [-0.05, 0) is 57.9 Å². The molecule has 0 N–H and O–H groups in total. The van der Waals surface area contributed by atoms with Gasteiger partial charge in [-0.2, -0.15) is 0 Å². The van der Waals surface area contributed by atoms with E-state index in [-0.39, 0.29) is 11.6 Å². The number of carbonyl (C=O) groups excluding carboxylic acids is 1. The number of aliphatic imine (C=N–C) groups is 1. The molecular formula is C17H11BrFNO3. The number of ether oxygens (including phenoxy) is 2. The van der Waals surface area contributed by atoms with Crippen LogP contribution in [0.25, 0.3) is 6.08 Å². The molecule has 116 valence electrons. The molecule has 0 aromatic heterocycles. The second-order valence-corrected chi connectivity index (χ2v) is 5.59. The topological polar surface area (TPSA) is 47.9 Å². The average molecular weight is 376 g/mol. The van der Waals surface area contributed by atoms with Crippen molar-refractivity contribution in [2.75, 3.05) is 7.11 Å². The summed E-state index contributed by atoms with van der Waals surface area (Å²) >= 11 is 3.38. The zero-order valence-electron chi connectivity index (χ0n) is 12.0. The molecule has 0 amide bonds. The standard InChI is InChI=1S/C17H11BrFNO3/c1-22-15-6-5-10(7-13(15)18)8-14-17(21)23-16(20-14)11-3-2-4-12(19)9-11/h2-9H,1H3/b14-8-. The van der Waals surface area contributed by atoms with E-state index in [9.17, 15) is 9.18 Å². The number of hydrogen-bond donors (Lipinski definition) is 0. The summed E-state index contributed by atoms with van der Waals surface area (Å²) in [5, 5.41) is 0. The SMILES string of the molecule is COc1ccc(/C=C2\N=C(c3cccc(F)c3)OC2=O)cc1Br. The lowest BCUT2D eigenvalue weighted by molar-refractivity contribution is -0.129. The quantitative estimate of drug-likeness (QED) is 0.602. The first-order chi connectivity index (χ1) is 11.1. The van der Waals surface area contributed by atoms with Gasteiger partial charge in [-0.1, -0.05) is 12.1 Å². The smallest absolute Gasteiger partial charge is 0.363 e. The highest BCUT2D eigenvalue weighted by Crippen LogP contribution is 2.27. The highest BCUT2D eigenvalue weighted by Gasteiger charge is 2.24. The van der Waals surface area contributed by atoms with Crippen molar-refractivity contribution in [3.63, 3.8) is 0 Å². The van der Waals surface area contributed by atoms with Crippen LogP contribution in [0.1, 0.15) is 11.1 Å². The Kier molecular flexibility index (Phi) is 4.25. The largest absolute Gasteiger partial charge is 0.496 e. The Morgan fingerprint density at radius 1 is 1.26 bits per heavy atom. The highest BCUT2D eigenvalue weighted by molar-refractivity contribution is 9.10. The monoisotopic (exact) mass is 375 g/mol. The lowest BCUT2D eigenvalue weighted by Crippen LogP contribution is -2.05. The third-order valence-electron chi connectivity index (χ3n) is 3.17. The lowest BCUT2D eigenvalue weighted by Gasteiger charge is -2.03. The predicted octanol–water partition coefficient (Wildman–Crippen LogP) is 3.94. The third-order valence-corrected chi connectivity index (χ3v) is 3.79. The number of benzene rings is 2. The molecule has 0 radical (unpaired) electrons. The van der Waals surface area contributed by atoms with Crippen molar-refractivity contribution in [1.29, 1.82) is 0 Å². The van der Waals surface area contributed by atoms with E-state index < -0.39 is 11.8 Å². The normalized spacial score (nSPS) is 15.5. The van der Waals surface area contributed by atoms with Crippen molar-refractivity contribution in [3.05, 3.63) is 69.6 Å². The van der Waals surface area contributed by atoms with Crippen molar-refractivity contribution in [1.82, 2.24) is 0 Å². The fourth-order valence-corrected chi connectivity index (χ4v) is 2.64. The molecule has 0 atom stereocenters. The molecule has 1 heterocycles. The fourth-order valence-electron chi connectivity index (χ4n) is 2.08. The van der Waals surface area contributed by atoms with Crippen molar-refractivity contribution in [3.8, 4) is 5.75 Å². The van der Waals surface area contributed by atoms with Gasteiger partial charge in [0.2, 0.25) is 5.90 Å². The molecule has 0 fully saturated rings. The summed E-state index contributed by atoms with van der Waals surface area (Å²) in [4.78, 5) is 16.1. The van der Waals surface area contributed by atoms with Crippen molar-refractivity contribution >= 4 is 33.9 Å². The van der Waals surface area contributed by atoms with E-state index in [0.717, 1.165) is 10.0 Å². The van der Waals surface area contributed by atoms with Crippen LogP contribution >= 0.6 is 15.9 Å². The highest BCUT2D eigenvalue weighted by atomic mass is 79.9. The van der Waals surface area contributed by atoms with E-state index in [2.05, 4.69) is 20.9 Å². The molecule has 0 unspecified atom stereocenters. The van der Waals surface area contributed by atoms with Crippen LogP contribution in [-0.2, 0) is 9.53 Å². The molecule has 23 heavy (non-hydrogen) atoms. The number of nitrogens with zero attached hydrogens (tertiary/aromatic N) is 1. The van der Waals surface area contributed by atoms with Crippen molar-refractivity contribution in [2.24, 2.45) is 4.99 Å². The zero-order valence-corrected chi connectivity index (χ0v) is 13.6. The number of methoxy groups -OCH3 is 1. The van der Waals surface area contributed by atoms with E-state index in [4.69, 9.17) is 9.47 Å². The van der Waals surface area contributed by atoms with Gasteiger partial charge in [0.25, 0.3) is 0 Å². The Morgan fingerprint density at radius 3 is 2.78 bits per heavy atom. The van der Waals surface area contributed by atoms with Crippen LogP contribution in [0.2, 0.25) is 0 Å². The molecule has 0 saturated carbocycles. The van der Waals surface area contributed by atoms with Crippen molar-refractivity contribution in [2.45, 2.75) is 0 Å². The molecule has 0 spiro atoms. The molecule has 6 heteroatoms. The molecule has 2 aromatic rings.